The van der Waals surface area contributed by atoms with Gasteiger partial charge < -0.3 is 5.11 Å². The number of hydrogen-bond donors (Lipinski definition) is 1. The Balaban J connectivity index is 1.39. The van der Waals surface area contributed by atoms with Gasteiger partial charge in [0.1, 0.15) is 0 Å². The van der Waals surface area contributed by atoms with Crippen molar-refractivity contribution in [3.05, 3.63) is 12.2 Å². The lowest BCUT2D eigenvalue weighted by Crippen LogP contribution is -2.53. The van der Waals surface area contributed by atoms with E-state index < -0.39 is 0 Å². The van der Waals surface area contributed by atoms with E-state index in [1.54, 1.807) is 0 Å². The molecule has 0 unspecified atom stereocenters. The van der Waals surface area contributed by atoms with Crippen molar-refractivity contribution in [2.75, 3.05) is 0 Å². The van der Waals surface area contributed by atoms with Gasteiger partial charge >= 0.3 is 0 Å². The predicted molar refractivity (Wildman–Crippen MR) is 119 cm³/mol. The van der Waals surface area contributed by atoms with Crippen molar-refractivity contribution >= 4 is 0 Å². The fraction of sp³-hybridized carbons (Fsp3) is 0.926. The highest BCUT2D eigenvalue weighted by molar-refractivity contribution is 5.15. The molecule has 4 rings (SSSR count). The van der Waals surface area contributed by atoms with Crippen LogP contribution in [-0.4, -0.2) is 11.2 Å². The molecule has 0 bridgehead atoms. The molecule has 0 heterocycles. The first-order chi connectivity index (χ1) is 13.5. The lowest BCUT2D eigenvalue weighted by molar-refractivity contribution is -0.102. The highest BCUT2D eigenvalue weighted by atomic mass is 16.3. The van der Waals surface area contributed by atoms with Gasteiger partial charge in [-0.25, -0.2) is 0 Å². The zero-order valence-electron chi connectivity index (χ0n) is 19.0. The summed E-state index contributed by atoms with van der Waals surface area (Å²) in [6.07, 6.45) is 24.1. The van der Waals surface area contributed by atoms with Crippen LogP contribution in [0.4, 0.5) is 0 Å². The molecule has 160 valence electrons. The monoisotopic (exact) mass is 386 g/mol. The Hall–Kier alpha value is -0.300. The van der Waals surface area contributed by atoms with Gasteiger partial charge in [0, 0.05) is 0 Å². The summed E-state index contributed by atoms with van der Waals surface area (Å²) in [5.74, 6) is 4.48. The van der Waals surface area contributed by atoms with Crippen molar-refractivity contribution in [1.82, 2.24) is 0 Å². The number of fused-ring (bicyclic) bond motifs is 5. The van der Waals surface area contributed by atoms with Crippen LogP contribution in [-0.2, 0) is 0 Å². The SMILES string of the molecule is CCCCCCCC[C@H]1CC[C@H]2[C@@H]3CC[C@H]4C=C[C@@H](O)C[C@]4(C)[C@H]3CC[C@]12C. The van der Waals surface area contributed by atoms with Crippen LogP contribution in [0, 0.1) is 40.4 Å². The zero-order valence-corrected chi connectivity index (χ0v) is 19.0. The molecule has 0 saturated heterocycles. The van der Waals surface area contributed by atoms with Gasteiger partial charge in [0.05, 0.1) is 6.10 Å². The molecular weight excluding hydrogens is 340 g/mol. The third-order valence-corrected chi connectivity index (χ3v) is 10.3. The van der Waals surface area contributed by atoms with Gasteiger partial charge in [0.25, 0.3) is 0 Å². The van der Waals surface area contributed by atoms with Crippen molar-refractivity contribution < 1.29 is 5.11 Å². The van der Waals surface area contributed by atoms with Crippen molar-refractivity contribution in [3.8, 4) is 0 Å². The van der Waals surface area contributed by atoms with E-state index in [0.29, 0.717) is 10.8 Å². The second kappa shape index (κ2) is 8.44. The third kappa shape index (κ3) is 3.63. The maximum Gasteiger partial charge on any atom is 0.0726 e. The quantitative estimate of drug-likeness (QED) is 0.354. The van der Waals surface area contributed by atoms with Crippen LogP contribution in [0.3, 0.4) is 0 Å². The Morgan fingerprint density at radius 1 is 0.821 bits per heavy atom. The summed E-state index contributed by atoms with van der Waals surface area (Å²) in [7, 11) is 0. The molecule has 1 N–H and O–H groups in total. The van der Waals surface area contributed by atoms with Gasteiger partial charge in [-0.2, -0.15) is 0 Å². The molecule has 4 aliphatic carbocycles. The zero-order chi connectivity index (χ0) is 19.8. The molecule has 1 heteroatoms. The number of allylic oxidation sites excluding steroid dienone is 1. The molecule has 4 aliphatic rings. The Bertz CT molecular complexity index is 552. The minimum absolute atomic E-state index is 0.197. The average Bonchev–Trinajstić information content (AvgIpc) is 3.00. The predicted octanol–water partition coefficient (Wildman–Crippen LogP) is 7.53. The van der Waals surface area contributed by atoms with Gasteiger partial charge in [-0.1, -0.05) is 71.4 Å². The second-order valence-corrected chi connectivity index (χ2v) is 11.6. The summed E-state index contributed by atoms with van der Waals surface area (Å²) in [6, 6.07) is 0. The number of rotatable bonds is 7. The first-order valence-electron chi connectivity index (χ1n) is 12.9. The van der Waals surface area contributed by atoms with E-state index in [1.807, 2.05) is 0 Å². The van der Waals surface area contributed by atoms with Crippen LogP contribution in [0.25, 0.3) is 0 Å². The van der Waals surface area contributed by atoms with Gasteiger partial charge in [0.15, 0.2) is 0 Å². The largest absolute Gasteiger partial charge is 0.389 e. The molecule has 0 aromatic rings. The smallest absolute Gasteiger partial charge is 0.0726 e. The Morgan fingerprint density at radius 2 is 1.57 bits per heavy atom. The summed E-state index contributed by atoms with van der Waals surface area (Å²) in [5.41, 5.74) is 0.979. The van der Waals surface area contributed by atoms with E-state index in [1.165, 1.54) is 83.5 Å². The molecule has 3 fully saturated rings. The summed E-state index contributed by atoms with van der Waals surface area (Å²) in [5, 5.41) is 10.4. The molecule has 3 saturated carbocycles. The molecule has 1 nitrogen and oxygen atoms in total. The summed E-state index contributed by atoms with van der Waals surface area (Å²) in [4.78, 5) is 0. The maximum atomic E-state index is 10.4. The Labute approximate surface area is 174 Å². The number of hydrogen-bond acceptors (Lipinski definition) is 1. The molecule has 0 aromatic heterocycles. The van der Waals surface area contributed by atoms with Crippen molar-refractivity contribution in [2.45, 2.75) is 117 Å². The third-order valence-electron chi connectivity index (χ3n) is 10.3. The standard InChI is InChI=1S/C27H46O/c1-4-5-6-7-8-9-10-20-13-16-24-23-15-12-21-11-14-22(28)19-27(21,3)25(23)17-18-26(20,24)2/h11,14,20-25,28H,4-10,12-13,15-19H2,1-3H3/t20-,21+,22+,23-,24-,25-,26+,27-/m0/s1. The average molecular weight is 387 g/mol. The molecule has 0 aromatic carbocycles. The molecule has 0 spiro atoms. The van der Waals surface area contributed by atoms with E-state index in [-0.39, 0.29) is 6.10 Å². The van der Waals surface area contributed by atoms with Gasteiger partial charge in [-0.05, 0) is 91.8 Å². The topological polar surface area (TPSA) is 20.2 Å². The summed E-state index contributed by atoms with van der Waals surface area (Å²) < 4.78 is 0. The Morgan fingerprint density at radius 3 is 2.39 bits per heavy atom. The summed E-state index contributed by atoms with van der Waals surface area (Å²) in [6.45, 7) is 7.54. The van der Waals surface area contributed by atoms with Crippen LogP contribution in [0.1, 0.15) is 111 Å². The number of aliphatic hydroxyl groups is 1. The Kier molecular flexibility index (Phi) is 6.32. The normalized spacial score (nSPS) is 47.4. The van der Waals surface area contributed by atoms with Crippen LogP contribution in [0.2, 0.25) is 0 Å². The minimum Gasteiger partial charge on any atom is -0.389 e. The molecule has 0 aliphatic heterocycles. The second-order valence-electron chi connectivity index (χ2n) is 11.6. The van der Waals surface area contributed by atoms with Crippen LogP contribution >= 0.6 is 0 Å². The summed E-state index contributed by atoms with van der Waals surface area (Å²) >= 11 is 0. The first kappa shape index (κ1) is 21.0. The molecule has 0 amide bonds. The highest BCUT2D eigenvalue weighted by Crippen LogP contribution is 2.67. The van der Waals surface area contributed by atoms with E-state index in [9.17, 15) is 5.11 Å². The van der Waals surface area contributed by atoms with Crippen molar-refractivity contribution in [3.63, 3.8) is 0 Å². The van der Waals surface area contributed by atoms with Crippen LogP contribution < -0.4 is 0 Å². The highest BCUT2D eigenvalue weighted by Gasteiger charge is 2.59. The molecule has 28 heavy (non-hydrogen) atoms. The van der Waals surface area contributed by atoms with E-state index >= 15 is 0 Å². The van der Waals surface area contributed by atoms with Crippen molar-refractivity contribution in [1.29, 1.82) is 0 Å². The minimum atomic E-state index is -0.197. The number of aliphatic hydroxyl groups excluding tert-OH is 1. The van der Waals surface area contributed by atoms with E-state index in [0.717, 1.165) is 36.0 Å². The van der Waals surface area contributed by atoms with E-state index in [4.69, 9.17) is 0 Å². The fourth-order valence-corrected chi connectivity index (χ4v) is 8.64. The van der Waals surface area contributed by atoms with Gasteiger partial charge in [-0.15, -0.1) is 0 Å². The molecular formula is C27H46O. The van der Waals surface area contributed by atoms with Crippen LogP contribution in [0.5, 0.6) is 0 Å². The fourth-order valence-electron chi connectivity index (χ4n) is 8.64. The first-order valence-corrected chi connectivity index (χ1v) is 12.9. The van der Waals surface area contributed by atoms with Gasteiger partial charge in [-0.3, -0.25) is 0 Å². The van der Waals surface area contributed by atoms with Crippen LogP contribution in [0.15, 0.2) is 12.2 Å². The lowest BCUT2D eigenvalue weighted by atomic mass is 9.45. The van der Waals surface area contributed by atoms with Gasteiger partial charge in [0.2, 0.25) is 0 Å². The molecule has 8 atom stereocenters. The molecule has 0 radical (unpaired) electrons. The van der Waals surface area contributed by atoms with Crippen molar-refractivity contribution in [2.24, 2.45) is 40.4 Å². The lowest BCUT2D eigenvalue weighted by Gasteiger charge is -2.60. The number of unbranched alkanes of at least 4 members (excludes halogenated alkanes) is 5. The van der Waals surface area contributed by atoms with E-state index in [2.05, 4.69) is 32.9 Å². The maximum absolute atomic E-state index is 10.4.